The summed E-state index contributed by atoms with van der Waals surface area (Å²) in [5.41, 5.74) is 1.68. The van der Waals surface area contributed by atoms with E-state index in [-0.39, 0.29) is 6.04 Å². The highest BCUT2D eigenvalue weighted by Gasteiger charge is 2.23. The Kier molecular flexibility index (Phi) is 21.4. The van der Waals surface area contributed by atoms with E-state index in [0.717, 1.165) is 40.5 Å². The van der Waals surface area contributed by atoms with Crippen molar-refractivity contribution in [2.24, 2.45) is 0 Å². The molecule has 1 unspecified atom stereocenters. The van der Waals surface area contributed by atoms with Crippen molar-refractivity contribution in [1.82, 2.24) is 15.1 Å². The molecule has 0 aromatic heterocycles. The molecule has 0 aliphatic heterocycles. The average Bonchev–Trinajstić information content (AvgIpc) is 3.10. The maximum atomic E-state index is 12.6. The number of carbonyl (C=O) groups excluding carboxylic acids is 3. The monoisotopic (exact) mass is 793 g/mol. The molecule has 0 saturated carbocycles. The van der Waals surface area contributed by atoms with Gasteiger partial charge in [-0.15, -0.1) is 0 Å². The number of halogens is 2. The largest absolute Gasteiger partial charge is 0.471 e. The molecule has 0 spiro atoms. The van der Waals surface area contributed by atoms with Crippen molar-refractivity contribution in [3.05, 3.63) is 81.3 Å². The highest BCUT2D eigenvalue weighted by atomic mass is 79.9. The van der Waals surface area contributed by atoms with Gasteiger partial charge in [0, 0.05) is 35.7 Å². The SMILES string of the molecule is CCN(CCOCCOCCOCCNC(=O)OC(C)(C)C)CC(c1ccc2ccccc2c1)N(C=O)CCc1ccc(Cl)cc1Br.COC=O. The second-order valence-corrected chi connectivity index (χ2v) is 13.7. The van der Waals surface area contributed by atoms with E-state index >= 15 is 0 Å². The minimum absolute atomic E-state index is 0.134. The summed E-state index contributed by atoms with van der Waals surface area (Å²) in [5, 5.41) is 5.64. The zero-order chi connectivity index (χ0) is 37.5. The summed E-state index contributed by atoms with van der Waals surface area (Å²) in [6.07, 6.45) is 1.21. The summed E-state index contributed by atoms with van der Waals surface area (Å²) in [6.45, 7) is 13.9. The Morgan fingerprint density at radius 3 is 2.16 bits per heavy atom. The molecule has 282 valence electrons. The van der Waals surface area contributed by atoms with Crippen molar-refractivity contribution >= 4 is 57.3 Å². The third-order valence-electron chi connectivity index (χ3n) is 7.53. The van der Waals surface area contributed by atoms with Gasteiger partial charge in [0.1, 0.15) is 5.60 Å². The minimum atomic E-state index is -0.523. The summed E-state index contributed by atoms with van der Waals surface area (Å²) in [6, 6.07) is 20.4. The molecule has 3 rings (SSSR count). The molecule has 3 aromatic rings. The highest BCUT2D eigenvalue weighted by Crippen LogP contribution is 2.27. The van der Waals surface area contributed by atoms with E-state index in [1.54, 1.807) is 0 Å². The van der Waals surface area contributed by atoms with Crippen LogP contribution in [0.3, 0.4) is 0 Å². The fourth-order valence-corrected chi connectivity index (χ4v) is 5.85. The Morgan fingerprint density at radius 1 is 0.902 bits per heavy atom. The van der Waals surface area contributed by atoms with Crippen LogP contribution < -0.4 is 5.32 Å². The first-order valence-electron chi connectivity index (χ1n) is 17.0. The van der Waals surface area contributed by atoms with Crippen molar-refractivity contribution in [3.63, 3.8) is 0 Å². The first kappa shape index (κ1) is 43.9. The van der Waals surface area contributed by atoms with Crippen LogP contribution in [0.4, 0.5) is 4.79 Å². The number of ether oxygens (including phenoxy) is 5. The summed E-state index contributed by atoms with van der Waals surface area (Å²) in [4.78, 5) is 37.3. The van der Waals surface area contributed by atoms with Crippen molar-refractivity contribution < 1.29 is 38.1 Å². The van der Waals surface area contributed by atoms with Gasteiger partial charge in [-0.05, 0) is 73.8 Å². The third-order valence-corrected chi connectivity index (χ3v) is 8.51. The third kappa shape index (κ3) is 18.2. The molecule has 13 heteroatoms. The maximum Gasteiger partial charge on any atom is 0.407 e. The number of likely N-dealkylation sites (N-methyl/N-ethyl adjacent to an activating group) is 1. The minimum Gasteiger partial charge on any atom is -0.471 e. The molecular weight excluding hydrogens is 742 g/mol. The van der Waals surface area contributed by atoms with Crippen LogP contribution in [-0.4, -0.2) is 114 Å². The van der Waals surface area contributed by atoms with Gasteiger partial charge >= 0.3 is 6.09 Å². The molecule has 0 fully saturated rings. The first-order valence-corrected chi connectivity index (χ1v) is 18.2. The summed E-state index contributed by atoms with van der Waals surface area (Å²) in [5.74, 6) is 0. The van der Waals surface area contributed by atoms with E-state index in [1.807, 2.05) is 56.0 Å². The fourth-order valence-electron chi connectivity index (χ4n) is 4.97. The normalized spacial score (nSPS) is 11.8. The molecule has 0 aliphatic carbocycles. The zero-order valence-electron chi connectivity index (χ0n) is 30.4. The van der Waals surface area contributed by atoms with Crippen LogP contribution in [0.2, 0.25) is 5.02 Å². The summed E-state index contributed by atoms with van der Waals surface area (Å²) < 4.78 is 27.0. The van der Waals surface area contributed by atoms with Gasteiger partial charge < -0.3 is 33.9 Å². The average molecular weight is 795 g/mol. The van der Waals surface area contributed by atoms with Gasteiger partial charge in [-0.1, -0.05) is 76.9 Å². The predicted molar refractivity (Wildman–Crippen MR) is 204 cm³/mol. The number of carbonyl (C=O) groups is 3. The van der Waals surface area contributed by atoms with E-state index in [1.165, 1.54) is 12.5 Å². The van der Waals surface area contributed by atoms with Crippen LogP contribution in [0.1, 0.15) is 44.9 Å². The van der Waals surface area contributed by atoms with Gasteiger partial charge in [0.05, 0.1) is 52.8 Å². The molecule has 2 amide bonds. The van der Waals surface area contributed by atoms with Crippen LogP contribution in [0.5, 0.6) is 0 Å². The number of methoxy groups -OCH3 is 1. The number of rotatable bonds is 22. The topological polar surface area (TPSA) is 116 Å². The molecule has 51 heavy (non-hydrogen) atoms. The standard InChI is InChI=1S/C36H49BrClN3O6.C2H4O2/c1-5-40(17-19-45-21-23-46-22-20-44-18-15-39-35(43)47-36(2,3)4)26-34(31-11-10-28-8-6-7-9-30(28)24-31)41(27-42)16-14-29-12-13-32(38)25-33(29)37;1-4-2-3/h6-13,24-25,27,34H,5,14-23,26H2,1-4H3,(H,39,43);2H,1H3. The van der Waals surface area contributed by atoms with Gasteiger partial charge in [0.2, 0.25) is 6.41 Å². The molecule has 0 bridgehead atoms. The van der Waals surface area contributed by atoms with Crippen LogP contribution in [0.15, 0.2) is 65.1 Å². The Hall–Kier alpha value is -3.26. The number of alkyl carbamates (subject to hydrolysis) is 1. The van der Waals surface area contributed by atoms with Gasteiger partial charge in [-0.3, -0.25) is 14.5 Å². The highest BCUT2D eigenvalue weighted by molar-refractivity contribution is 9.10. The molecule has 11 nitrogen and oxygen atoms in total. The van der Waals surface area contributed by atoms with E-state index in [0.29, 0.717) is 77.2 Å². The number of benzene rings is 3. The summed E-state index contributed by atoms with van der Waals surface area (Å²) >= 11 is 9.76. The lowest BCUT2D eigenvalue weighted by Gasteiger charge is -2.34. The Balaban J connectivity index is 0.00000213. The molecule has 0 aliphatic rings. The van der Waals surface area contributed by atoms with Gasteiger partial charge in [-0.25, -0.2) is 4.79 Å². The van der Waals surface area contributed by atoms with Crippen LogP contribution >= 0.6 is 27.5 Å². The van der Waals surface area contributed by atoms with E-state index in [9.17, 15) is 9.59 Å². The number of amides is 2. The van der Waals surface area contributed by atoms with E-state index in [2.05, 4.69) is 68.1 Å². The lowest BCUT2D eigenvalue weighted by molar-refractivity contribution is -0.126. The van der Waals surface area contributed by atoms with Crippen molar-refractivity contribution in [1.29, 1.82) is 0 Å². The second kappa shape index (κ2) is 24.8. The van der Waals surface area contributed by atoms with Crippen molar-refractivity contribution in [3.8, 4) is 0 Å². The van der Waals surface area contributed by atoms with E-state index in [4.69, 9.17) is 35.3 Å². The maximum absolute atomic E-state index is 12.6. The lowest BCUT2D eigenvalue weighted by atomic mass is 9.99. The van der Waals surface area contributed by atoms with Crippen molar-refractivity contribution in [2.45, 2.75) is 45.8 Å². The fraction of sp³-hybridized carbons (Fsp3) is 0.500. The van der Waals surface area contributed by atoms with Gasteiger partial charge in [-0.2, -0.15) is 0 Å². The van der Waals surface area contributed by atoms with Crippen LogP contribution in [0.25, 0.3) is 10.8 Å². The number of nitrogens with one attached hydrogen (secondary N) is 1. The first-order chi connectivity index (χ1) is 24.5. The smallest absolute Gasteiger partial charge is 0.407 e. The van der Waals surface area contributed by atoms with E-state index < -0.39 is 11.7 Å². The molecule has 3 aromatic carbocycles. The Labute approximate surface area is 315 Å². The number of hydrogen-bond donors (Lipinski definition) is 1. The number of hydrogen-bond acceptors (Lipinski definition) is 9. The van der Waals surface area contributed by atoms with Crippen LogP contribution in [-0.2, 0) is 39.7 Å². The Morgan fingerprint density at radius 2 is 1.55 bits per heavy atom. The van der Waals surface area contributed by atoms with Gasteiger partial charge in [0.25, 0.3) is 6.47 Å². The molecule has 0 radical (unpaired) electrons. The zero-order valence-corrected chi connectivity index (χ0v) is 32.7. The molecule has 1 atom stereocenters. The predicted octanol–water partition coefficient (Wildman–Crippen LogP) is 6.68. The number of fused-ring (bicyclic) bond motifs is 1. The van der Waals surface area contributed by atoms with Crippen molar-refractivity contribution in [2.75, 3.05) is 79.5 Å². The lowest BCUT2D eigenvalue weighted by Crippen LogP contribution is -2.40. The summed E-state index contributed by atoms with van der Waals surface area (Å²) in [7, 11) is 1.31. The Bertz CT molecular complexity index is 1460. The van der Waals surface area contributed by atoms with Gasteiger partial charge in [0.15, 0.2) is 0 Å². The molecular formula is C38H53BrClN3O8. The quantitative estimate of drug-likeness (QED) is 0.0879. The molecule has 0 heterocycles. The molecule has 1 N–H and O–H groups in total. The molecule has 0 saturated heterocycles. The van der Waals surface area contributed by atoms with Crippen LogP contribution in [0, 0.1) is 0 Å². The number of nitrogens with zero attached hydrogens (tertiary/aromatic N) is 2. The second-order valence-electron chi connectivity index (χ2n) is 12.4.